The van der Waals surface area contributed by atoms with Crippen LogP contribution in [0.5, 0.6) is 11.6 Å². The highest BCUT2D eigenvalue weighted by molar-refractivity contribution is 7.99. The van der Waals surface area contributed by atoms with E-state index >= 15 is 0 Å². The molecule has 1 heterocycles. The van der Waals surface area contributed by atoms with Crippen molar-refractivity contribution in [2.24, 2.45) is 0 Å². The third-order valence-electron chi connectivity index (χ3n) is 4.51. The van der Waals surface area contributed by atoms with Gasteiger partial charge in [0.15, 0.2) is 11.0 Å². The standard InChI is InChI=1S/C23H23N3O4S/c1-15(17-10-12-18(27)13-11-17)24-20(28)14-31-23-25-21(29)19(22(30)26-23)9-5-8-16-6-3-2-4-7-16/h2-8,10-13,15,27H,9,14H2,1H3,(H,24,28)(H2,25,26,29,30). The zero-order chi connectivity index (χ0) is 22.2. The van der Waals surface area contributed by atoms with Crippen LogP contribution in [-0.2, 0) is 11.2 Å². The molecule has 31 heavy (non-hydrogen) atoms. The second-order valence-corrected chi connectivity index (χ2v) is 7.82. The van der Waals surface area contributed by atoms with Gasteiger partial charge >= 0.3 is 0 Å². The van der Waals surface area contributed by atoms with Gasteiger partial charge in [-0.3, -0.25) is 9.59 Å². The van der Waals surface area contributed by atoms with Gasteiger partial charge in [-0.2, -0.15) is 4.98 Å². The Balaban J connectivity index is 1.56. The number of hydrogen-bond donors (Lipinski definition) is 4. The molecule has 0 aliphatic rings. The van der Waals surface area contributed by atoms with E-state index in [0.29, 0.717) is 0 Å². The minimum Gasteiger partial charge on any atom is -0.508 e. The topological polar surface area (TPSA) is 115 Å². The second kappa shape index (κ2) is 10.5. The minimum atomic E-state index is -0.533. The molecule has 0 aliphatic heterocycles. The molecule has 0 saturated carbocycles. The second-order valence-electron chi connectivity index (χ2n) is 6.86. The van der Waals surface area contributed by atoms with Gasteiger partial charge in [0.25, 0.3) is 5.56 Å². The van der Waals surface area contributed by atoms with Gasteiger partial charge in [0.05, 0.1) is 17.4 Å². The number of hydrogen-bond acceptors (Lipinski definition) is 6. The number of thioether (sulfide) groups is 1. The van der Waals surface area contributed by atoms with Gasteiger partial charge < -0.3 is 20.5 Å². The van der Waals surface area contributed by atoms with Gasteiger partial charge in [0, 0.05) is 6.42 Å². The Morgan fingerprint density at radius 3 is 2.55 bits per heavy atom. The first kappa shape index (κ1) is 22.2. The smallest absolute Gasteiger partial charge is 0.281 e. The molecule has 2 aromatic carbocycles. The van der Waals surface area contributed by atoms with E-state index in [2.05, 4.69) is 15.3 Å². The fourth-order valence-corrected chi connectivity index (χ4v) is 3.53. The largest absolute Gasteiger partial charge is 0.508 e. The molecule has 0 aliphatic carbocycles. The molecule has 160 valence electrons. The fraction of sp³-hybridized carbons (Fsp3) is 0.174. The highest BCUT2D eigenvalue weighted by Gasteiger charge is 2.13. The third kappa shape index (κ3) is 6.48. The molecule has 1 amide bonds. The molecule has 7 nitrogen and oxygen atoms in total. The maximum atomic E-state index is 12.3. The molecule has 0 bridgehead atoms. The summed E-state index contributed by atoms with van der Waals surface area (Å²) in [6.45, 7) is 1.83. The van der Waals surface area contributed by atoms with Crippen LogP contribution in [0.2, 0.25) is 0 Å². The maximum Gasteiger partial charge on any atom is 0.281 e. The molecular formula is C23H23N3O4S. The fourth-order valence-electron chi connectivity index (χ4n) is 2.86. The molecule has 1 aromatic heterocycles. The van der Waals surface area contributed by atoms with Crippen molar-refractivity contribution in [2.45, 2.75) is 24.5 Å². The number of phenolic OH excluding ortho intramolecular Hbond substituents is 1. The molecule has 1 atom stereocenters. The number of carbonyl (C=O) groups excluding carboxylic acids is 1. The number of allylic oxidation sites excluding steroid dienone is 1. The molecule has 3 aromatic rings. The highest BCUT2D eigenvalue weighted by atomic mass is 32.2. The number of aromatic hydroxyl groups is 2. The molecule has 0 saturated heterocycles. The summed E-state index contributed by atoms with van der Waals surface area (Å²) in [5, 5.41) is 22.5. The Morgan fingerprint density at radius 1 is 1.16 bits per heavy atom. The number of phenols is 1. The molecule has 0 radical (unpaired) electrons. The van der Waals surface area contributed by atoms with Crippen LogP contribution < -0.4 is 10.9 Å². The Kier molecular flexibility index (Phi) is 7.50. The lowest BCUT2D eigenvalue weighted by Gasteiger charge is -2.14. The van der Waals surface area contributed by atoms with Crippen LogP contribution in [0.15, 0.2) is 70.6 Å². The van der Waals surface area contributed by atoms with Gasteiger partial charge in [0.2, 0.25) is 5.91 Å². The van der Waals surface area contributed by atoms with Crippen molar-refractivity contribution in [3.63, 3.8) is 0 Å². The van der Waals surface area contributed by atoms with E-state index < -0.39 is 5.56 Å². The van der Waals surface area contributed by atoms with Crippen molar-refractivity contribution in [1.82, 2.24) is 15.3 Å². The van der Waals surface area contributed by atoms with E-state index in [-0.39, 0.29) is 46.5 Å². The lowest BCUT2D eigenvalue weighted by atomic mass is 10.1. The van der Waals surface area contributed by atoms with Crippen molar-refractivity contribution in [3.05, 3.63) is 87.7 Å². The molecule has 0 fully saturated rings. The third-order valence-corrected chi connectivity index (χ3v) is 5.39. The van der Waals surface area contributed by atoms with Crippen molar-refractivity contribution in [2.75, 3.05) is 5.75 Å². The number of aromatic amines is 1. The number of rotatable bonds is 8. The predicted molar refractivity (Wildman–Crippen MR) is 121 cm³/mol. The zero-order valence-corrected chi connectivity index (χ0v) is 17.7. The van der Waals surface area contributed by atoms with Crippen molar-refractivity contribution in [3.8, 4) is 11.6 Å². The van der Waals surface area contributed by atoms with Gasteiger partial charge in [-0.05, 0) is 30.2 Å². The Morgan fingerprint density at radius 2 is 1.87 bits per heavy atom. The Hall–Kier alpha value is -3.52. The molecule has 1 unspecified atom stereocenters. The van der Waals surface area contributed by atoms with Gasteiger partial charge in [-0.25, -0.2) is 0 Å². The monoisotopic (exact) mass is 437 g/mol. The van der Waals surface area contributed by atoms with Crippen LogP contribution in [0.3, 0.4) is 0 Å². The van der Waals surface area contributed by atoms with Crippen LogP contribution >= 0.6 is 11.8 Å². The molecule has 0 spiro atoms. The first-order chi connectivity index (χ1) is 14.9. The van der Waals surface area contributed by atoms with Crippen molar-refractivity contribution in [1.29, 1.82) is 0 Å². The number of carbonyl (C=O) groups is 1. The Bertz CT molecular complexity index is 1110. The summed E-state index contributed by atoms with van der Waals surface area (Å²) in [5.41, 5.74) is 1.48. The van der Waals surface area contributed by atoms with Crippen LogP contribution in [0.25, 0.3) is 6.08 Å². The van der Waals surface area contributed by atoms with Crippen molar-refractivity contribution < 1.29 is 15.0 Å². The summed E-state index contributed by atoms with van der Waals surface area (Å²) >= 11 is 1.03. The maximum absolute atomic E-state index is 12.3. The Labute approximate surface area is 183 Å². The lowest BCUT2D eigenvalue weighted by molar-refractivity contribution is -0.119. The summed E-state index contributed by atoms with van der Waals surface area (Å²) in [5.74, 6) is -0.315. The predicted octanol–water partition coefficient (Wildman–Crippen LogP) is 3.41. The van der Waals surface area contributed by atoms with E-state index in [4.69, 9.17) is 0 Å². The number of nitrogens with one attached hydrogen (secondary N) is 2. The normalized spacial score (nSPS) is 12.0. The summed E-state index contributed by atoms with van der Waals surface area (Å²) in [4.78, 5) is 31.1. The van der Waals surface area contributed by atoms with E-state index in [1.54, 1.807) is 30.3 Å². The van der Waals surface area contributed by atoms with Gasteiger partial charge in [-0.1, -0.05) is 66.4 Å². The first-order valence-electron chi connectivity index (χ1n) is 9.67. The van der Waals surface area contributed by atoms with E-state index in [1.807, 2.05) is 43.3 Å². The number of H-pyrrole nitrogens is 1. The van der Waals surface area contributed by atoms with E-state index in [9.17, 15) is 19.8 Å². The number of benzene rings is 2. The van der Waals surface area contributed by atoms with Crippen molar-refractivity contribution >= 4 is 23.7 Å². The van der Waals surface area contributed by atoms with Crippen LogP contribution in [0, 0.1) is 0 Å². The number of amides is 1. The quantitative estimate of drug-likeness (QED) is 0.317. The van der Waals surface area contributed by atoms with Crippen LogP contribution in [0.1, 0.15) is 29.7 Å². The number of nitrogens with zero attached hydrogens (tertiary/aromatic N) is 1. The number of aromatic nitrogens is 2. The van der Waals surface area contributed by atoms with E-state index in [0.717, 1.165) is 22.9 Å². The van der Waals surface area contributed by atoms with Crippen LogP contribution in [0.4, 0.5) is 0 Å². The molecule has 4 N–H and O–H groups in total. The van der Waals surface area contributed by atoms with Gasteiger partial charge in [0.1, 0.15) is 5.75 Å². The average Bonchev–Trinajstić information content (AvgIpc) is 2.75. The minimum absolute atomic E-state index is 0.0259. The first-order valence-corrected chi connectivity index (χ1v) is 10.7. The average molecular weight is 438 g/mol. The highest BCUT2D eigenvalue weighted by Crippen LogP contribution is 2.19. The molecule has 3 rings (SSSR count). The summed E-state index contributed by atoms with van der Waals surface area (Å²) in [6.07, 6.45) is 3.88. The summed E-state index contributed by atoms with van der Waals surface area (Å²) in [6, 6.07) is 16.0. The van der Waals surface area contributed by atoms with E-state index in [1.165, 1.54) is 0 Å². The summed E-state index contributed by atoms with van der Waals surface area (Å²) in [7, 11) is 0. The zero-order valence-electron chi connectivity index (χ0n) is 16.9. The lowest BCUT2D eigenvalue weighted by Crippen LogP contribution is -2.28. The van der Waals surface area contributed by atoms with Crippen LogP contribution in [-0.4, -0.2) is 31.8 Å². The molecule has 8 heteroatoms. The SMILES string of the molecule is CC(NC(=O)CSc1nc(=O)c(CC=Cc2ccccc2)c(O)[nH]1)c1ccc(O)cc1. The van der Waals surface area contributed by atoms with Gasteiger partial charge in [-0.15, -0.1) is 0 Å². The summed E-state index contributed by atoms with van der Waals surface area (Å²) < 4.78 is 0. The molecular weight excluding hydrogens is 414 g/mol.